The van der Waals surface area contributed by atoms with Gasteiger partial charge in [0, 0.05) is 18.7 Å². The SMILES string of the molecule is COC(=O)[C@]12CCC[C@@H]1CN(C(=O)c1sccc1-c1ccccc1)C2. The first kappa shape index (κ1) is 16.3. The molecule has 1 aromatic carbocycles. The molecule has 0 unspecified atom stereocenters. The number of carbonyl (C=O) groups excluding carboxylic acids is 2. The van der Waals surface area contributed by atoms with Crippen LogP contribution in [0.4, 0.5) is 0 Å². The van der Waals surface area contributed by atoms with Crippen molar-refractivity contribution in [1.82, 2.24) is 4.90 Å². The Morgan fingerprint density at radius 3 is 2.80 bits per heavy atom. The highest BCUT2D eigenvalue weighted by molar-refractivity contribution is 7.12. The molecule has 2 atom stereocenters. The standard InChI is InChI=1S/C20H21NO3S/c1-24-19(23)20-10-5-8-15(20)12-21(13-20)18(22)17-16(9-11-25-17)14-6-3-2-4-7-14/h2-4,6-7,9,11,15H,5,8,10,12-13H2,1H3/t15-,20+/m1/s1. The minimum Gasteiger partial charge on any atom is -0.469 e. The molecule has 1 aliphatic heterocycles. The summed E-state index contributed by atoms with van der Waals surface area (Å²) in [5.41, 5.74) is 1.53. The molecular weight excluding hydrogens is 334 g/mol. The molecule has 0 radical (unpaired) electrons. The molecule has 0 N–H and O–H groups in total. The molecule has 1 saturated carbocycles. The van der Waals surface area contributed by atoms with Crippen molar-refractivity contribution < 1.29 is 14.3 Å². The smallest absolute Gasteiger partial charge is 0.313 e. The summed E-state index contributed by atoms with van der Waals surface area (Å²) >= 11 is 1.47. The first-order valence-corrected chi connectivity index (χ1v) is 9.54. The number of likely N-dealkylation sites (tertiary alicyclic amines) is 1. The number of amides is 1. The first-order chi connectivity index (χ1) is 12.2. The van der Waals surface area contributed by atoms with Gasteiger partial charge in [0.2, 0.25) is 0 Å². The molecule has 130 valence electrons. The number of nitrogens with zero attached hydrogens (tertiary/aromatic N) is 1. The lowest BCUT2D eigenvalue weighted by Crippen LogP contribution is -2.38. The number of carbonyl (C=O) groups is 2. The van der Waals surface area contributed by atoms with Gasteiger partial charge >= 0.3 is 5.97 Å². The highest BCUT2D eigenvalue weighted by Crippen LogP contribution is 2.50. The van der Waals surface area contributed by atoms with Crippen molar-refractivity contribution in [2.24, 2.45) is 11.3 Å². The van der Waals surface area contributed by atoms with Gasteiger partial charge < -0.3 is 9.64 Å². The van der Waals surface area contributed by atoms with E-state index in [9.17, 15) is 9.59 Å². The molecule has 5 heteroatoms. The second-order valence-electron chi connectivity index (χ2n) is 6.95. The van der Waals surface area contributed by atoms with Gasteiger partial charge in [-0.05, 0) is 35.8 Å². The molecule has 4 rings (SSSR count). The van der Waals surface area contributed by atoms with Crippen molar-refractivity contribution in [3.8, 4) is 11.1 Å². The van der Waals surface area contributed by atoms with Crippen molar-refractivity contribution >= 4 is 23.2 Å². The van der Waals surface area contributed by atoms with Crippen LogP contribution in [0.15, 0.2) is 41.8 Å². The summed E-state index contributed by atoms with van der Waals surface area (Å²) in [4.78, 5) is 28.2. The minimum atomic E-state index is -0.491. The van der Waals surface area contributed by atoms with Crippen LogP contribution < -0.4 is 0 Å². The summed E-state index contributed by atoms with van der Waals surface area (Å²) < 4.78 is 5.08. The van der Waals surface area contributed by atoms with E-state index >= 15 is 0 Å². The molecule has 1 saturated heterocycles. The normalized spacial score (nSPS) is 25.0. The number of ether oxygens (including phenoxy) is 1. The molecule has 2 aromatic rings. The number of thiophene rings is 1. The van der Waals surface area contributed by atoms with Crippen LogP contribution in [0.2, 0.25) is 0 Å². The molecule has 2 fully saturated rings. The quantitative estimate of drug-likeness (QED) is 0.786. The van der Waals surface area contributed by atoms with E-state index in [-0.39, 0.29) is 17.8 Å². The van der Waals surface area contributed by atoms with E-state index in [1.807, 2.05) is 46.7 Å². The van der Waals surface area contributed by atoms with E-state index < -0.39 is 5.41 Å². The van der Waals surface area contributed by atoms with Crippen LogP contribution in [-0.2, 0) is 9.53 Å². The minimum absolute atomic E-state index is 0.0338. The maximum atomic E-state index is 13.2. The summed E-state index contributed by atoms with van der Waals surface area (Å²) in [6, 6.07) is 12.0. The lowest BCUT2D eigenvalue weighted by Gasteiger charge is -2.25. The number of hydrogen-bond acceptors (Lipinski definition) is 4. The summed E-state index contributed by atoms with van der Waals surface area (Å²) in [5.74, 6) is 0.107. The maximum absolute atomic E-state index is 13.2. The Kier molecular flexibility index (Phi) is 4.12. The van der Waals surface area contributed by atoms with Crippen molar-refractivity contribution in [3.63, 3.8) is 0 Å². The summed E-state index contributed by atoms with van der Waals surface area (Å²) in [6.45, 7) is 1.13. The average molecular weight is 355 g/mol. The Morgan fingerprint density at radius 2 is 2.04 bits per heavy atom. The molecule has 0 bridgehead atoms. The summed E-state index contributed by atoms with van der Waals surface area (Å²) in [6.07, 6.45) is 2.86. The third kappa shape index (κ3) is 2.58. The molecule has 2 aliphatic rings. The Hall–Kier alpha value is -2.14. The van der Waals surface area contributed by atoms with Gasteiger partial charge in [0.25, 0.3) is 5.91 Å². The van der Waals surface area contributed by atoms with E-state index in [0.717, 1.165) is 35.3 Å². The third-order valence-electron chi connectivity index (χ3n) is 5.69. The molecule has 1 aromatic heterocycles. The molecule has 2 heterocycles. The molecule has 25 heavy (non-hydrogen) atoms. The monoisotopic (exact) mass is 355 g/mol. The van der Waals surface area contributed by atoms with Gasteiger partial charge in [-0.2, -0.15) is 0 Å². The van der Waals surface area contributed by atoms with Crippen molar-refractivity contribution in [2.75, 3.05) is 20.2 Å². The highest BCUT2D eigenvalue weighted by Gasteiger charge is 2.56. The van der Waals surface area contributed by atoms with Crippen LogP contribution in [0.5, 0.6) is 0 Å². The van der Waals surface area contributed by atoms with Crippen molar-refractivity contribution in [1.29, 1.82) is 0 Å². The second-order valence-corrected chi connectivity index (χ2v) is 7.87. The van der Waals surface area contributed by atoms with E-state index in [1.165, 1.54) is 18.4 Å². The van der Waals surface area contributed by atoms with E-state index in [4.69, 9.17) is 4.74 Å². The Labute approximate surface area is 151 Å². The molecule has 4 nitrogen and oxygen atoms in total. The van der Waals surface area contributed by atoms with Crippen LogP contribution in [0.1, 0.15) is 28.9 Å². The van der Waals surface area contributed by atoms with Gasteiger partial charge in [-0.3, -0.25) is 9.59 Å². The van der Waals surface area contributed by atoms with Gasteiger partial charge in [0.1, 0.15) is 0 Å². The van der Waals surface area contributed by atoms with Crippen LogP contribution >= 0.6 is 11.3 Å². The van der Waals surface area contributed by atoms with Gasteiger partial charge in [0.15, 0.2) is 0 Å². The second kappa shape index (κ2) is 6.30. The Morgan fingerprint density at radius 1 is 1.24 bits per heavy atom. The average Bonchev–Trinajstić information content (AvgIpc) is 3.35. The van der Waals surface area contributed by atoms with Gasteiger partial charge in [-0.1, -0.05) is 36.8 Å². The number of hydrogen-bond donors (Lipinski definition) is 0. The zero-order valence-electron chi connectivity index (χ0n) is 14.2. The maximum Gasteiger partial charge on any atom is 0.313 e. The fourth-order valence-electron chi connectivity index (χ4n) is 4.44. The van der Waals surface area contributed by atoms with Crippen molar-refractivity contribution in [2.45, 2.75) is 19.3 Å². The zero-order chi connectivity index (χ0) is 17.4. The van der Waals surface area contributed by atoms with Gasteiger partial charge in [-0.15, -0.1) is 11.3 Å². The van der Waals surface area contributed by atoms with Gasteiger partial charge in [0.05, 0.1) is 17.4 Å². The van der Waals surface area contributed by atoms with Crippen LogP contribution in [0.3, 0.4) is 0 Å². The van der Waals surface area contributed by atoms with E-state index in [1.54, 1.807) is 0 Å². The van der Waals surface area contributed by atoms with Gasteiger partial charge in [-0.25, -0.2) is 0 Å². The molecule has 1 amide bonds. The van der Waals surface area contributed by atoms with Crippen molar-refractivity contribution in [3.05, 3.63) is 46.7 Å². The first-order valence-electron chi connectivity index (χ1n) is 8.66. The topological polar surface area (TPSA) is 46.6 Å². The summed E-state index contributed by atoms with van der Waals surface area (Å²) in [5, 5.41) is 1.96. The number of methoxy groups -OCH3 is 1. The lowest BCUT2D eigenvalue weighted by molar-refractivity contribution is -0.153. The fourth-order valence-corrected chi connectivity index (χ4v) is 5.33. The molecule has 0 spiro atoms. The number of benzene rings is 1. The molecular formula is C20H21NO3S. The number of rotatable bonds is 3. The van der Waals surface area contributed by atoms with Crippen LogP contribution in [0.25, 0.3) is 11.1 Å². The third-order valence-corrected chi connectivity index (χ3v) is 6.60. The zero-order valence-corrected chi connectivity index (χ0v) is 15.1. The predicted molar refractivity (Wildman–Crippen MR) is 97.4 cm³/mol. The predicted octanol–water partition coefficient (Wildman–Crippen LogP) is 3.83. The summed E-state index contributed by atoms with van der Waals surface area (Å²) in [7, 11) is 1.45. The largest absolute Gasteiger partial charge is 0.469 e. The number of fused-ring (bicyclic) bond motifs is 1. The number of esters is 1. The Bertz CT molecular complexity index is 800. The van der Waals surface area contributed by atoms with Crippen LogP contribution in [0, 0.1) is 11.3 Å². The van der Waals surface area contributed by atoms with Crippen LogP contribution in [-0.4, -0.2) is 37.0 Å². The lowest BCUT2D eigenvalue weighted by atomic mass is 9.81. The highest BCUT2D eigenvalue weighted by atomic mass is 32.1. The Balaban J connectivity index is 1.62. The van der Waals surface area contributed by atoms with E-state index in [0.29, 0.717) is 13.1 Å². The molecule has 1 aliphatic carbocycles. The fraction of sp³-hybridized carbons (Fsp3) is 0.400. The van der Waals surface area contributed by atoms with E-state index in [2.05, 4.69) is 0 Å².